The number of nitrogens with zero attached hydrogens (tertiary/aromatic N) is 2. The number of ether oxygens (including phenoxy) is 1. The van der Waals surface area contributed by atoms with Crippen LogP contribution in [0.2, 0.25) is 0 Å². The van der Waals surface area contributed by atoms with Gasteiger partial charge in [-0.25, -0.2) is 4.98 Å². The third kappa shape index (κ3) is 3.45. The number of anilines is 1. The summed E-state index contributed by atoms with van der Waals surface area (Å²) < 4.78 is 7.63. The summed E-state index contributed by atoms with van der Waals surface area (Å²) >= 11 is 0. The second kappa shape index (κ2) is 6.76. The Bertz CT molecular complexity index is 552. The van der Waals surface area contributed by atoms with E-state index in [9.17, 15) is 0 Å². The van der Waals surface area contributed by atoms with E-state index in [0.29, 0.717) is 12.0 Å². The summed E-state index contributed by atoms with van der Waals surface area (Å²) in [5.74, 6) is 1.61. The Labute approximate surface area is 126 Å². The number of nitrogens with one attached hydrogen (secondary N) is 1. The second-order valence-corrected chi connectivity index (χ2v) is 5.46. The Hall–Kier alpha value is -1.81. The summed E-state index contributed by atoms with van der Waals surface area (Å²) in [6, 6.07) is 11.3. The van der Waals surface area contributed by atoms with Crippen LogP contribution in [0.4, 0.5) is 5.95 Å². The molecule has 2 atom stereocenters. The van der Waals surface area contributed by atoms with Crippen molar-refractivity contribution < 1.29 is 4.74 Å². The van der Waals surface area contributed by atoms with Crippen LogP contribution in [0, 0.1) is 0 Å². The molecule has 0 radical (unpaired) electrons. The number of hydrogen-bond donors (Lipinski definition) is 1. The van der Waals surface area contributed by atoms with Gasteiger partial charge in [0.2, 0.25) is 5.95 Å². The summed E-state index contributed by atoms with van der Waals surface area (Å²) in [5, 5.41) is 3.42. The Morgan fingerprint density at radius 2 is 2.19 bits per heavy atom. The van der Waals surface area contributed by atoms with E-state index in [1.165, 1.54) is 12.0 Å². The van der Waals surface area contributed by atoms with Gasteiger partial charge in [-0.15, -0.1) is 0 Å². The lowest BCUT2D eigenvalue weighted by Gasteiger charge is -2.10. The molecule has 112 valence electrons. The van der Waals surface area contributed by atoms with Gasteiger partial charge in [-0.2, -0.15) is 0 Å². The monoisotopic (exact) mass is 285 g/mol. The van der Waals surface area contributed by atoms with Crippen LogP contribution in [0.5, 0.6) is 0 Å². The zero-order valence-electron chi connectivity index (χ0n) is 12.5. The highest BCUT2D eigenvalue weighted by Gasteiger charge is 2.40. The zero-order valence-corrected chi connectivity index (χ0v) is 12.5. The van der Waals surface area contributed by atoms with E-state index < -0.39 is 0 Å². The number of benzene rings is 1. The molecule has 0 amide bonds. The smallest absolute Gasteiger partial charge is 0.203 e. The molecule has 1 aromatic carbocycles. The minimum absolute atomic E-state index is 0.546. The Morgan fingerprint density at radius 3 is 3.00 bits per heavy atom. The van der Waals surface area contributed by atoms with Gasteiger partial charge in [-0.3, -0.25) is 0 Å². The van der Waals surface area contributed by atoms with Crippen LogP contribution < -0.4 is 5.32 Å². The topological polar surface area (TPSA) is 39.1 Å². The van der Waals surface area contributed by atoms with E-state index in [1.807, 2.05) is 13.1 Å². The van der Waals surface area contributed by atoms with Gasteiger partial charge in [-0.1, -0.05) is 30.3 Å². The quantitative estimate of drug-likeness (QED) is 0.755. The standard InChI is InChI=1S/C17H23N3O/c1-2-21-12-6-9-18-17-19-10-11-20(17)16-13-15(16)14-7-4-3-5-8-14/h3-5,7-8,10-11,15-16H,2,6,9,12-13H2,1H3,(H,18,19). The summed E-state index contributed by atoms with van der Waals surface area (Å²) in [7, 11) is 0. The van der Waals surface area contributed by atoms with Crippen molar-refractivity contribution in [2.45, 2.75) is 31.7 Å². The molecule has 3 rings (SSSR count). The Morgan fingerprint density at radius 1 is 1.33 bits per heavy atom. The second-order valence-electron chi connectivity index (χ2n) is 5.46. The number of aromatic nitrogens is 2. The molecule has 21 heavy (non-hydrogen) atoms. The van der Waals surface area contributed by atoms with Crippen LogP contribution in [0.3, 0.4) is 0 Å². The first kappa shape index (κ1) is 14.1. The lowest BCUT2D eigenvalue weighted by molar-refractivity contribution is 0.147. The molecule has 0 bridgehead atoms. The summed E-state index contributed by atoms with van der Waals surface area (Å²) in [4.78, 5) is 4.43. The highest BCUT2D eigenvalue weighted by molar-refractivity contribution is 5.33. The van der Waals surface area contributed by atoms with Gasteiger partial charge >= 0.3 is 0 Å². The van der Waals surface area contributed by atoms with Crippen molar-refractivity contribution in [2.24, 2.45) is 0 Å². The van der Waals surface area contributed by atoms with Gasteiger partial charge in [0.05, 0.1) is 0 Å². The lowest BCUT2D eigenvalue weighted by atomic mass is 10.1. The van der Waals surface area contributed by atoms with Gasteiger partial charge in [0.1, 0.15) is 0 Å². The lowest BCUT2D eigenvalue weighted by Crippen LogP contribution is -2.10. The molecule has 0 spiro atoms. The van der Waals surface area contributed by atoms with E-state index in [0.717, 1.165) is 32.1 Å². The molecular formula is C17H23N3O. The van der Waals surface area contributed by atoms with Crippen molar-refractivity contribution in [1.82, 2.24) is 9.55 Å². The molecule has 1 aromatic heterocycles. The van der Waals surface area contributed by atoms with E-state index in [4.69, 9.17) is 4.74 Å². The average Bonchev–Trinajstić information content (AvgIpc) is 3.19. The van der Waals surface area contributed by atoms with Crippen LogP contribution >= 0.6 is 0 Å². The maximum atomic E-state index is 5.35. The normalized spacial score (nSPS) is 20.4. The van der Waals surface area contributed by atoms with E-state index >= 15 is 0 Å². The number of rotatable bonds is 8. The van der Waals surface area contributed by atoms with Crippen molar-refractivity contribution in [2.75, 3.05) is 25.1 Å². The van der Waals surface area contributed by atoms with Crippen molar-refractivity contribution in [3.63, 3.8) is 0 Å². The SMILES string of the molecule is CCOCCCNc1nccn1C1CC1c1ccccc1. The number of hydrogen-bond acceptors (Lipinski definition) is 3. The van der Waals surface area contributed by atoms with Gasteiger partial charge in [0, 0.05) is 44.1 Å². The summed E-state index contributed by atoms with van der Waals surface area (Å²) in [6.45, 7) is 4.52. The molecule has 1 fully saturated rings. The molecule has 2 unspecified atom stereocenters. The molecule has 1 aliphatic carbocycles. The van der Waals surface area contributed by atoms with Crippen LogP contribution in [0.1, 0.15) is 37.3 Å². The number of imidazole rings is 1. The molecule has 2 aromatic rings. The molecule has 1 N–H and O–H groups in total. The molecule has 1 saturated carbocycles. The zero-order chi connectivity index (χ0) is 14.5. The molecule has 0 aliphatic heterocycles. The first-order chi connectivity index (χ1) is 10.4. The van der Waals surface area contributed by atoms with Gasteiger partial charge in [0.15, 0.2) is 0 Å². The van der Waals surface area contributed by atoms with Crippen LogP contribution in [-0.2, 0) is 4.74 Å². The fourth-order valence-electron chi connectivity index (χ4n) is 2.78. The van der Waals surface area contributed by atoms with Gasteiger partial charge < -0.3 is 14.6 Å². The molecule has 4 heteroatoms. The fraction of sp³-hybridized carbons (Fsp3) is 0.471. The molecule has 4 nitrogen and oxygen atoms in total. The maximum absolute atomic E-state index is 5.35. The van der Waals surface area contributed by atoms with Gasteiger partial charge in [-0.05, 0) is 25.3 Å². The summed E-state index contributed by atoms with van der Waals surface area (Å²) in [5.41, 5.74) is 1.43. The Kier molecular flexibility index (Phi) is 4.55. The minimum atomic E-state index is 0.546. The molecule has 1 aliphatic rings. The minimum Gasteiger partial charge on any atom is -0.382 e. The van der Waals surface area contributed by atoms with E-state index in [1.54, 1.807) is 0 Å². The van der Waals surface area contributed by atoms with Crippen molar-refractivity contribution in [3.05, 3.63) is 48.3 Å². The van der Waals surface area contributed by atoms with Crippen molar-refractivity contribution in [3.8, 4) is 0 Å². The van der Waals surface area contributed by atoms with Crippen molar-refractivity contribution >= 4 is 5.95 Å². The maximum Gasteiger partial charge on any atom is 0.203 e. The van der Waals surface area contributed by atoms with Crippen LogP contribution in [-0.4, -0.2) is 29.3 Å². The van der Waals surface area contributed by atoms with E-state index in [-0.39, 0.29) is 0 Å². The molecule has 1 heterocycles. The third-order valence-corrected chi connectivity index (χ3v) is 3.96. The first-order valence-electron chi connectivity index (χ1n) is 7.79. The predicted molar refractivity (Wildman–Crippen MR) is 84.7 cm³/mol. The third-order valence-electron chi connectivity index (χ3n) is 3.96. The van der Waals surface area contributed by atoms with Crippen molar-refractivity contribution in [1.29, 1.82) is 0 Å². The molecule has 0 saturated heterocycles. The largest absolute Gasteiger partial charge is 0.382 e. The first-order valence-corrected chi connectivity index (χ1v) is 7.79. The average molecular weight is 285 g/mol. The van der Waals surface area contributed by atoms with E-state index in [2.05, 4.69) is 51.4 Å². The molecular weight excluding hydrogens is 262 g/mol. The van der Waals surface area contributed by atoms with Gasteiger partial charge in [0.25, 0.3) is 0 Å². The van der Waals surface area contributed by atoms with Crippen LogP contribution in [0.15, 0.2) is 42.7 Å². The Balaban J connectivity index is 1.55. The summed E-state index contributed by atoms with van der Waals surface area (Å²) in [6.07, 6.45) is 6.17. The predicted octanol–water partition coefficient (Wildman–Crippen LogP) is 3.45. The van der Waals surface area contributed by atoms with Crippen LogP contribution in [0.25, 0.3) is 0 Å². The highest BCUT2D eigenvalue weighted by Crippen LogP contribution is 2.52. The fourth-order valence-corrected chi connectivity index (χ4v) is 2.78. The highest BCUT2D eigenvalue weighted by atomic mass is 16.5.